The van der Waals surface area contributed by atoms with Crippen LogP contribution in [0.2, 0.25) is 0 Å². The maximum Gasteiger partial charge on any atom is 0.412 e. The summed E-state index contributed by atoms with van der Waals surface area (Å²) in [6.07, 6.45) is 30.5. The third-order valence-electron chi connectivity index (χ3n) is 17.8. The Labute approximate surface area is 512 Å². The molecule has 3 N–H and O–H groups in total. The first-order valence-electron chi connectivity index (χ1n) is 33.0. The van der Waals surface area contributed by atoms with E-state index >= 15 is 4.79 Å². The lowest BCUT2D eigenvalue weighted by molar-refractivity contribution is -0.384. The number of allylic oxidation sites excluding steroid dienone is 1. The molecule has 1 aliphatic heterocycles. The van der Waals surface area contributed by atoms with Crippen molar-refractivity contribution in [1.29, 1.82) is 0 Å². The molecule has 0 aromatic heterocycles. The number of unbranched alkanes of at least 4 members (excludes halogenated alkanes) is 20. The molecule has 2 amide bonds. The van der Waals surface area contributed by atoms with Gasteiger partial charge in [-0.05, 0) is 108 Å². The van der Waals surface area contributed by atoms with E-state index in [1.807, 2.05) is 36.4 Å². The fraction of sp³-hybridized carbons (Fsp3) is 0.592. The molecule has 6 atom stereocenters. The van der Waals surface area contributed by atoms with E-state index in [0.29, 0.717) is 55.0 Å². The third-order valence-corrected chi connectivity index (χ3v) is 17.8. The number of aliphatic hydroxyl groups is 2. The van der Waals surface area contributed by atoms with E-state index < -0.39 is 34.9 Å². The number of oxime groups is 1. The summed E-state index contributed by atoms with van der Waals surface area (Å²) in [7, 11) is 0. The highest BCUT2D eigenvalue weighted by Crippen LogP contribution is 2.62. The summed E-state index contributed by atoms with van der Waals surface area (Å²) >= 11 is 0. The van der Waals surface area contributed by atoms with Crippen LogP contribution >= 0.6 is 0 Å². The van der Waals surface area contributed by atoms with Crippen LogP contribution in [0.25, 0.3) is 10.8 Å². The number of nitrogens with one attached hydrogen (secondary N) is 1. The van der Waals surface area contributed by atoms with Crippen LogP contribution < -0.4 is 14.8 Å². The zero-order valence-electron chi connectivity index (χ0n) is 51.8. The second-order valence-electron chi connectivity index (χ2n) is 24.0. The number of nitro groups is 1. The molecule has 0 saturated heterocycles. The number of carbonyl (C=O) groups is 2. The van der Waals surface area contributed by atoms with Crippen LogP contribution in [0.4, 0.5) is 15.3 Å². The van der Waals surface area contributed by atoms with E-state index in [1.54, 1.807) is 29.2 Å². The predicted octanol–water partition coefficient (Wildman–Crippen LogP) is 17.2. The van der Waals surface area contributed by atoms with Crippen molar-refractivity contribution in [2.75, 3.05) is 33.0 Å². The van der Waals surface area contributed by atoms with Gasteiger partial charge in [0.2, 0.25) is 5.79 Å². The van der Waals surface area contributed by atoms with Crippen molar-refractivity contribution >= 4 is 34.4 Å². The molecule has 2 aliphatic carbocycles. The summed E-state index contributed by atoms with van der Waals surface area (Å²) in [5, 5.41) is 42.0. The fourth-order valence-corrected chi connectivity index (χ4v) is 13.3. The van der Waals surface area contributed by atoms with E-state index in [4.69, 9.17) is 28.9 Å². The molecule has 86 heavy (non-hydrogen) atoms. The number of aliphatic hydroxyl groups excluding tert-OH is 2. The van der Waals surface area contributed by atoms with Gasteiger partial charge in [-0.25, -0.2) is 9.59 Å². The summed E-state index contributed by atoms with van der Waals surface area (Å²) in [6.45, 7) is 9.63. The van der Waals surface area contributed by atoms with Gasteiger partial charge in [0.25, 0.3) is 5.69 Å². The molecule has 6 unspecified atom stereocenters. The van der Waals surface area contributed by atoms with E-state index in [2.05, 4.69) is 50.0 Å². The van der Waals surface area contributed by atoms with E-state index in [-0.39, 0.29) is 69.4 Å². The largest absolute Gasteiger partial charge is 0.459 e. The average molecular weight is 1190 g/mol. The number of ether oxygens (including phenoxy) is 4. The van der Waals surface area contributed by atoms with Gasteiger partial charge in [-0.1, -0.05) is 202 Å². The molecule has 0 radical (unpaired) electrons. The highest BCUT2D eigenvalue weighted by Gasteiger charge is 2.66. The van der Waals surface area contributed by atoms with Crippen molar-refractivity contribution in [3.8, 4) is 11.5 Å². The van der Waals surface area contributed by atoms with Gasteiger partial charge < -0.3 is 39.3 Å². The van der Waals surface area contributed by atoms with Gasteiger partial charge in [0.05, 0.1) is 36.3 Å². The van der Waals surface area contributed by atoms with Crippen molar-refractivity contribution < 1.29 is 48.5 Å². The molecule has 0 spiro atoms. The first-order chi connectivity index (χ1) is 42.2. The number of carbonyl (C=O) groups excluding carboxylic acids is 2. The van der Waals surface area contributed by atoms with Gasteiger partial charge in [-0.2, -0.15) is 0 Å². The maximum absolute atomic E-state index is 15.5. The molecule has 15 nitrogen and oxygen atoms in total. The minimum absolute atomic E-state index is 0.0112. The smallest absolute Gasteiger partial charge is 0.412 e. The molecule has 7 rings (SSSR count). The van der Waals surface area contributed by atoms with Crippen LogP contribution in [0, 0.1) is 27.9 Å². The predicted molar refractivity (Wildman–Crippen MR) is 341 cm³/mol. The summed E-state index contributed by atoms with van der Waals surface area (Å²) < 4.78 is 27.4. The Bertz CT molecular complexity index is 2760. The summed E-state index contributed by atoms with van der Waals surface area (Å²) in [5.41, 5.74) is 3.79. The second-order valence-corrected chi connectivity index (χ2v) is 24.0. The molecule has 1 fully saturated rings. The van der Waals surface area contributed by atoms with Crippen LogP contribution in [0.15, 0.2) is 114 Å². The number of fused-ring (bicyclic) bond motifs is 3. The number of rotatable bonds is 41. The lowest BCUT2D eigenvalue weighted by Gasteiger charge is -2.59. The van der Waals surface area contributed by atoms with Gasteiger partial charge in [-0.15, -0.1) is 6.58 Å². The Morgan fingerprint density at radius 2 is 1.42 bits per heavy atom. The molecule has 3 aliphatic rings. The average Bonchev–Trinajstić information content (AvgIpc) is 0.745. The number of benzene rings is 4. The first-order valence-corrected chi connectivity index (χ1v) is 33.0. The number of nitro benzene ring substituents is 1. The van der Waals surface area contributed by atoms with E-state index in [1.165, 1.54) is 95.6 Å². The summed E-state index contributed by atoms with van der Waals surface area (Å²) in [5.74, 6) is -1.87. The molecule has 15 heteroatoms. The standard InChI is InChI=1S/C71H100N4O11/c1-4-7-9-11-13-15-17-19-21-27-44-72-69(78)85-59-42-43-65-63(50-59)67-61(37-26-29-46-77)56(33-25-28-45-76)49-62-64(73-84-53-54-38-40-58(41-39-54)75(80)81)51-66(71(86-65,68(62)67)83-47-6-3)74(52-57-35-31-34-55-32-23-24-36-60(55)57)70(79)82-48-30-22-20-18-16-14-12-10-8-5-2/h6,23-24,31-32,34-36,38-43,49-50,56,61,66-68,76-77H,3-5,7-22,25-30,33,37,44-48,51-53H2,1-2H3,(H,72,78). The molecule has 4 aromatic rings. The van der Waals surface area contributed by atoms with Crippen molar-refractivity contribution in [1.82, 2.24) is 10.2 Å². The van der Waals surface area contributed by atoms with Gasteiger partial charge in [0.15, 0.2) is 0 Å². The fourth-order valence-electron chi connectivity index (χ4n) is 13.3. The minimum atomic E-state index is -1.59. The molecule has 4 aromatic carbocycles. The number of amides is 2. The third kappa shape index (κ3) is 19.4. The molecule has 1 saturated carbocycles. The molecule has 0 bridgehead atoms. The van der Waals surface area contributed by atoms with Crippen LogP contribution in [-0.2, 0) is 27.5 Å². The van der Waals surface area contributed by atoms with Crippen molar-refractivity contribution in [2.45, 2.75) is 218 Å². The first kappa shape index (κ1) is 67.2. The Morgan fingerprint density at radius 3 is 2.08 bits per heavy atom. The normalized spacial score (nSPS) is 19.9. The van der Waals surface area contributed by atoms with Crippen molar-refractivity contribution in [3.63, 3.8) is 0 Å². The van der Waals surface area contributed by atoms with Gasteiger partial charge >= 0.3 is 12.2 Å². The number of non-ortho nitro benzene ring substituents is 1. The Balaban J connectivity index is 1.29. The minimum Gasteiger partial charge on any atom is -0.459 e. The zero-order chi connectivity index (χ0) is 60.8. The maximum atomic E-state index is 15.5. The summed E-state index contributed by atoms with van der Waals surface area (Å²) in [4.78, 5) is 48.4. The Morgan fingerprint density at radius 1 is 0.779 bits per heavy atom. The quantitative estimate of drug-likeness (QED) is 0.0166. The second kappa shape index (κ2) is 36.8. The number of hydrogen-bond donors (Lipinski definition) is 3. The van der Waals surface area contributed by atoms with Crippen molar-refractivity contribution in [3.05, 3.63) is 136 Å². The van der Waals surface area contributed by atoms with Gasteiger partial charge in [0.1, 0.15) is 24.1 Å². The number of hydrogen-bond acceptors (Lipinski definition) is 12. The van der Waals surface area contributed by atoms with Crippen molar-refractivity contribution in [2.24, 2.45) is 22.9 Å². The molecular formula is C71H100N4O11. The summed E-state index contributed by atoms with van der Waals surface area (Å²) in [6, 6.07) is 25.1. The highest BCUT2D eigenvalue weighted by atomic mass is 16.7. The lowest BCUT2D eigenvalue weighted by atomic mass is 9.55. The van der Waals surface area contributed by atoms with Gasteiger partial charge in [-0.3, -0.25) is 15.0 Å². The Hall–Kier alpha value is -6.29. The molecular weight excluding hydrogens is 1080 g/mol. The Kier molecular flexibility index (Phi) is 28.7. The van der Waals surface area contributed by atoms with E-state index in [9.17, 15) is 25.1 Å². The topological polar surface area (TPSA) is 192 Å². The SMILES string of the molecule is C=CCOC12Oc3ccc(OC(=O)NCCCCCCCCCCCC)cc3C3C(CCCCO)C(CCCCO)C=C(C(=NOCc4ccc([N+](=O)[O-])cc4)CC1N(Cc1cccc4ccccc14)C(=O)OCCCCCCCCCCCC)C32. The lowest BCUT2D eigenvalue weighted by Crippen LogP contribution is -2.70. The highest BCUT2D eigenvalue weighted by molar-refractivity contribution is 6.03. The molecule has 470 valence electrons. The zero-order valence-corrected chi connectivity index (χ0v) is 51.8. The van der Waals surface area contributed by atoms with Crippen LogP contribution in [0.5, 0.6) is 11.5 Å². The van der Waals surface area contributed by atoms with Crippen LogP contribution in [0.3, 0.4) is 0 Å². The van der Waals surface area contributed by atoms with Gasteiger partial charge in [0, 0.05) is 49.8 Å². The number of nitrogens with zero attached hydrogens (tertiary/aromatic N) is 3. The molecule has 1 heterocycles. The monoisotopic (exact) mass is 1180 g/mol. The van der Waals surface area contributed by atoms with Crippen LogP contribution in [-0.4, -0.2) is 82.7 Å². The van der Waals surface area contributed by atoms with Crippen LogP contribution in [0.1, 0.15) is 210 Å². The van der Waals surface area contributed by atoms with E-state index in [0.717, 1.165) is 85.3 Å².